The van der Waals surface area contributed by atoms with Gasteiger partial charge in [0.2, 0.25) is 0 Å². The topological polar surface area (TPSA) is 42.3 Å². The molecule has 0 N–H and O–H groups in total. The molecular formula is C28H23ClN2O2S. The van der Waals surface area contributed by atoms with E-state index < -0.39 is 0 Å². The van der Waals surface area contributed by atoms with Gasteiger partial charge in [-0.15, -0.1) is 0 Å². The van der Waals surface area contributed by atoms with Crippen LogP contribution in [0.5, 0.6) is 0 Å². The van der Waals surface area contributed by atoms with Gasteiger partial charge in [-0.1, -0.05) is 79.2 Å². The number of benzene rings is 3. The quantitative estimate of drug-likeness (QED) is 0.272. The van der Waals surface area contributed by atoms with Crippen LogP contribution in [0.2, 0.25) is 5.02 Å². The third-order valence-electron chi connectivity index (χ3n) is 6.00. The number of aromatic nitrogens is 1. The highest BCUT2D eigenvalue weighted by atomic mass is 35.5. The molecule has 3 aromatic carbocycles. The van der Waals surface area contributed by atoms with Gasteiger partial charge in [-0.25, -0.2) is 0 Å². The number of carbonyl (C=O) groups excluding carboxylic acids is 2. The molecule has 0 radical (unpaired) electrons. The van der Waals surface area contributed by atoms with E-state index in [0.29, 0.717) is 9.93 Å². The van der Waals surface area contributed by atoms with Crippen LogP contribution in [0.3, 0.4) is 0 Å². The number of halogens is 1. The molecule has 1 fully saturated rings. The molecule has 6 heteroatoms. The number of hydrogen-bond donors (Lipinski definition) is 0. The van der Waals surface area contributed by atoms with Crippen molar-refractivity contribution in [3.05, 3.63) is 111 Å². The van der Waals surface area contributed by atoms with Crippen molar-refractivity contribution >= 4 is 51.5 Å². The van der Waals surface area contributed by atoms with Gasteiger partial charge in [0.05, 0.1) is 17.0 Å². The van der Waals surface area contributed by atoms with Crippen molar-refractivity contribution in [2.45, 2.75) is 26.4 Å². The van der Waals surface area contributed by atoms with Gasteiger partial charge in [0.1, 0.15) is 0 Å². The number of para-hydroxylation sites is 1. The Morgan fingerprint density at radius 3 is 2.35 bits per heavy atom. The normalized spacial score (nSPS) is 15.1. The Labute approximate surface area is 207 Å². The molecule has 2 amide bonds. The first-order chi connectivity index (χ1) is 16.5. The first-order valence-corrected chi connectivity index (χ1v) is 12.4. The third kappa shape index (κ3) is 4.41. The molecule has 170 valence electrons. The number of rotatable bonds is 6. The van der Waals surface area contributed by atoms with Crippen LogP contribution in [0.4, 0.5) is 4.79 Å². The third-order valence-corrected chi connectivity index (χ3v) is 7.16. The number of carbonyl (C=O) groups is 2. The second kappa shape index (κ2) is 9.53. The summed E-state index contributed by atoms with van der Waals surface area (Å²) in [7, 11) is 0. The van der Waals surface area contributed by atoms with Gasteiger partial charge < -0.3 is 4.57 Å². The molecule has 1 aromatic heterocycles. The molecule has 2 heterocycles. The molecule has 34 heavy (non-hydrogen) atoms. The van der Waals surface area contributed by atoms with Gasteiger partial charge in [-0.05, 0) is 53.1 Å². The van der Waals surface area contributed by atoms with E-state index in [0.717, 1.165) is 41.2 Å². The van der Waals surface area contributed by atoms with Gasteiger partial charge in [0, 0.05) is 28.7 Å². The van der Waals surface area contributed by atoms with Crippen molar-refractivity contribution in [2.24, 2.45) is 0 Å². The Morgan fingerprint density at radius 1 is 0.882 bits per heavy atom. The number of thioether (sulfide) groups is 1. The molecule has 4 aromatic rings. The van der Waals surface area contributed by atoms with Crippen molar-refractivity contribution < 1.29 is 9.59 Å². The van der Waals surface area contributed by atoms with Gasteiger partial charge in [-0.2, -0.15) is 0 Å². The van der Waals surface area contributed by atoms with Crippen LogP contribution in [-0.4, -0.2) is 20.6 Å². The Bertz CT molecular complexity index is 1410. The van der Waals surface area contributed by atoms with Gasteiger partial charge >= 0.3 is 0 Å². The largest absolute Gasteiger partial charge is 0.342 e. The van der Waals surface area contributed by atoms with Gasteiger partial charge in [-0.3, -0.25) is 14.5 Å². The average Bonchev–Trinajstić information content (AvgIpc) is 3.33. The maximum absolute atomic E-state index is 13.1. The average molecular weight is 487 g/mol. The lowest BCUT2D eigenvalue weighted by molar-refractivity contribution is -0.123. The zero-order valence-corrected chi connectivity index (χ0v) is 20.3. The van der Waals surface area contributed by atoms with E-state index in [-0.39, 0.29) is 17.7 Å². The van der Waals surface area contributed by atoms with Gasteiger partial charge in [0.25, 0.3) is 11.1 Å². The molecule has 1 aliphatic heterocycles. The Morgan fingerprint density at radius 2 is 1.62 bits per heavy atom. The molecule has 5 rings (SSSR count). The zero-order chi connectivity index (χ0) is 23.7. The molecule has 0 spiro atoms. The summed E-state index contributed by atoms with van der Waals surface area (Å²) >= 11 is 6.95. The Hall–Kier alpha value is -3.28. The minimum atomic E-state index is -0.263. The molecule has 0 unspecified atom stereocenters. The predicted molar refractivity (Wildman–Crippen MR) is 140 cm³/mol. The van der Waals surface area contributed by atoms with Crippen LogP contribution in [0.25, 0.3) is 17.0 Å². The van der Waals surface area contributed by atoms with Crippen molar-refractivity contribution in [2.75, 3.05) is 0 Å². The first-order valence-electron chi connectivity index (χ1n) is 11.2. The Balaban J connectivity index is 1.50. The van der Waals surface area contributed by atoms with Crippen LogP contribution in [0.1, 0.15) is 29.2 Å². The molecule has 1 saturated heterocycles. The maximum Gasteiger partial charge on any atom is 0.293 e. The smallest absolute Gasteiger partial charge is 0.293 e. The summed E-state index contributed by atoms with van der Waals surface area (Å²) < 4.78 is 2.24. The van der Waals surface area contributed by atoms with E-state index in [9.17, 15) is 9.59 Å². The summed E-state index contributed by atoms with van der Waals surface area (Å²) in [6.07, 6.45) is 4.85. The van der Waals surface area contributed by atoms with E-state index in [1.165, 1.54) is 21.5 Å². The van der Waals surface area contributed by atoms with Gasteiger partial charge in [0.15, 0.2) is 0 Å². The van der Waals surface area contributed by atoms with Crippen LogP contribution in [0, 0.1) is 0 Å². The monoisotopic (exact) mass is 486 g/mol. The summed E-state index contributed by atoms with van der Waals surface area (Å²) in [5, 5.41) is 1.45. The number of nitrogens with zero attached hydrogens (tertiary/aromatic N) is 2. The van der Waals surface area contributed by atoms with Crippen LogP contribution in [-0.2, 0) is 24.3 Å². The number of amides is 2. The second-order valence-electron chi connectivity index (χ2n) is 8.26. The number of aryl methyl sites for hydroxylation is 1. The van der Waals surface area contributed by atoms with Crippen LogP contribution >= 0.6 is 23.4 Å². The Kier molecular flexibility index (Phi) is 6.31. The van der Waals surface area contributed by atoms with E-state index in [4.69, 9.17) is 11.6 Å². The first kappa shape index (κ1) is 22.5. The minimum absolute atomic E-state index is 0.231. The molecule has 0 saturated carbocycles. The van der Waals surface area contributed by atoms with Crippen molar-refractivity contribution in [1.29, 1.82) is 0 Å². The molecule has 4 nitrogen and oxygen atoms in total. The van der Waals surface area contributed by atoms with E-state index in [1.807, 2.05) is 36.4 Å². The summed E-state index contributed by atoms with van der Waals surface area (Å²) in [6, 6.07) is 23.8. The van der Waals surface area contributed by atoms with Crippen LogP contribution < -0.4 is 0 Å². The minimum Gasteiger partial charge on any atom is -0.342 e. The lowest BCUT2D eigenvalue weighted by atomic mass is 10.1. The predicted octanol–water partition coefficient (Wildman–Crippen LogP) is 7.14. The molecule has 0 atom stereocenters. The number of hydrogen-bond acceptors (Lipinski definition) is 3. The summed E-state index contributed by atoms with van der Waals surface area (Å²) in [4.78, 5) is 27.5. The lowest BCUT2D eigenvalue weighted by Gasteiger charge is -2.12. The van der Waals surface area contributed by atoms with E-state index >= 15 is 0 Å². The van der Waals surface area contributed by atoms with Crippen molar-refractivity contribution in [3.63, 3.8) is 0 Å². The number of fused-ring (bicyclic) bond motifs is 1. The summed E-state index contributed by atoms with van der Waals surface area (Å²) in [6.45, 7) is 3.12. The fraction of sp³-hybridized carbons (Fsp3) is 0.143. The molecule has 0 bridgehead atoms. The maximum atomic E-state index is 13.1. The standard InChI is InChI=1S/C28H23ClN2O2S/c1-2-21-9-6-10-24-22(18-30(26(21)24)16-19-7-4-3-5-8-19)15-25-27(32)31(28(33)34-25)17-20-11-13-23(29)14-12-20/h3-15,18H,2,16-17H2,1H3/b25-15-. The van der Waals surface area contributed by atoms with E-state index in [1.54, 1.807) is 12.1 Å². The fourth-order valence-corrected chi connectivity index (χ4v) is 5.28. The van der Waals surface area contributed by atoms with Crippen LogP contribution in [0.15, 0.2) is 83.9 Å². The summed E-state index contributed by atoms with van der Waals surface area (Å²) in [5.41, 5.74) is 5.43. The summed E-state index contributed by atoms with van der Waals surface area (Å²) in [5.74, 6) is -0.263. The van der Waals surface area contributed by atoms with Crippen molar-refractivity contribution in [3.8, 4) is 0 Å². The van der Waals surface area contributed by atoms with Crippen molar-refractivity contribution in [1.82, 2.24) is 9.47 Å². The highest BCUT2D eigenvalue weighted by Crippen LogP contribution is 2.36. The van der Waals surface area contributed by atoms with E-state index in [2.05, 4.69) is 48.0 Å². The SMILES string of the molecule is CCc1cccc2c(/C=C3\SC(=O)N(Cc4ccc(Cl)cc4)C3=O)cn(Cc3ccccc3)c12. The highest BCUT2D eigenvalue weighted by molar-refractivity contribution is 8.18. The highest BCUT2D eigenvalue weighted by Gasteiger charge is 2.35. The molecule has 0 aliphatic carbocycles. The lowest BCUT2D eigenvalue weighted by Crippen LogP contribution is -2.27. The molecular weight excluding hydrogens is 464 g/mol. The molecule has 1 aliphatic rings. The zero-order valence-electron chi connectivity index (χ0n) is 18.7. The fourth-order valence-electron chi connectivity index (χ4n) is 4.32. The second-order valence-corrected chi connectivity index (χ2v) is 9.69. The number of imide groups is 1.